The van der Waals surface area contributed by atoms with Crippen molar-refractivity contribution in [3.63, 3.8) is 0 Å². The van der Waals surface area contributed by atoms with Crippen molar-refractivity contribution in [3.8, 4) is 0 Å². The Balaban J connectivity index is 1.72. The van der Waals surface area contributed by atoms with Gasteiger partial charge in [0.05, 0.1) is 5.56 Å². The van der Waals surface area contributed by atoms with Crippen LogP contribution in [-0.4, -0.2) is 46.8 Å². The monoisotopic (exact) mass is 325 g/mol. The maximum atomic E-state index is 11.3. The molecule has 0 unspecified atom stereocenters. The molecule has 3 aliphatic heterocycles. The number of halogens is 1. The number of fused-ring (bicyclic) bond motifs is 2. The maximum Gasteiger partial charge on any atom is 0.165 e. The maximum absolute atomic E-state index is 11.3. The molecule has 0 aromatic carbocycles. The fourth-order valence-corrected chi connectivity index (χ4v) is 3.43. The van der Waals surface area contributed by atoms with Crippen LogP contribution < -0.4 is 5.32 Å². The molecule has 1 aromatic heterocycles. The first kappa shape index (κ1) is 14.2. The minimum absolute atomic E-state index is 0.360. The van der Waals surface area contributed by atoms with Crippen molar-refractivity contribution in [2.24, 2.45) is 4.99 Å². The number of aldehydes is 1. The minimum Gasteiger partial charge on any atom is -0.352 e. The van der Waals surface area contributed by atoms with Gasteiger partial charge >= 0.3 is 0 Å². The van der Waals surface area contributed by atoms with Crippen molar-refractivity contribution < 1.29 is 19.0 Å². The molecule has 2 fully saturated rings. The van der Waals surface area contributed by atoms with Gasteiger partial charge in [0.2, 0.25) is 0 Å². The molecule has 1 N–H and O–H groups in total. The third-order valence-electron chi connectivity index (χ3n) is 4.08. The molecule has 0 radical (unpaired) electrons. The second kappa shape index (κ2) is 4.79. The van der Waals surface area contributed by atoms with Crippen molar-refractivity contribution in [1.82, 2.24) is 4.57 Å². The number of carbonyl (C=O) groups is 1. The van der Waals surface area contributed by atoms with Gasteiger partial charge in [-0.05, 0) is 19.9 Å². The first-order valence-corrected chi connectivity index (χ1v) is 7.49. The molecule has 0 saturated carbocycles. The van der Waals surface area contributed by atoms with Gasteiger partial charge in [0.15, 0.2) is 18.3 Å². The highest BCUT2D eigenvalue weighted by Crippen LogP contribution is 2.44. The Bertz CT molecular complexity index is 657. The van der Waals surface area contributed by atoms with Gasteiger partial charge in [0.25, 0.3) is 0 Å². The Morgan fingerprint density at radius 2 is 2.23 bits per heavy atom. The molecule has 1 aromatic rings. The summed E-state index contributed by atoms with van der Waals surface area (Å²) in [6, 6.07) is 1.86. The van der Waals surface area contributed by atoms with Gasteiger partial charge in [-0.25, -0.2) is 0 Å². The zero-order valence-corrected chi connectivity index (χ0v) is 12.9. The average Bonchev–Trinajstić information content (AvgIpc) is 3.10. The van der Waals surface area contributed by atoms with Crippen molar-refractivity contribution in [2.45, 2.75) is 44.2 Å². The van der Waals surface area contributed by atoms with E-state index in [0.29, 0.717) is 11.8 Å². The zero-order chi connectivity index (χ0) is 15.5. The summed E-state index contributed by atoms with van der Waals surface area (Å²) in [5, 5.41) is 3.63. The van der Waals surface area contributed by atoms with Gasteiger partial charge in [-0.1, -0.05) is 11.6 Å². The quantitative estimate of drug-likeness (QED) is 0.834. The number of anilines is 1. The van der Waals surface area contributed by atoms with E-state index in [0.717, 1.165) is 17.7 Å². The summed E-state index contributed by atoms with van der Waals surface area (Å²) in [6.07, 6.45) is 0.734. The molecule has 118 valence electrons. The van der Waals surface area contributed by atoms with Crippen LogP contribution in [0.1, 0.15) is 25.6 Å². The van der Waals surface area contributed by atoms with E-state index in [-0.39, 0.29) is 6.10 Å². The van der Waals surface area contributed by atoms with Gasteiger partial charge < -0.3 is 28.9 Å². The Morgan fingerprint density at radius 3 is 3.00 bits per heavy atom. The topological polar surface area (TPSA) is 74.1 Å². The Kier molecular flexibility index (Phi) is 3.09. The summed E-state index contributed by atoms with van der Waals surface area (Å²) in [5.41, 5.74) is 0.806. The molecule has 22 heavy (non-hydrogen) atoms. The van der Waals surface area contributed by atoms with Crippen LogP contribution in [0.2, 0.25) is 0 Å². The number of hydrogen-bond acceptors (Lipinski definition) is 6. The van der Waals surface area contributed by atoms with E-state index in [4.69, 9.17) is 25.8 Å². The van der Waals surface area contributed by atoms with Crippen LogP contribution in [0.15, 0.2) is 17.3 Å². The lowest BCUT2D eigenvalue weighted by atomic mass is 10.1. The molecule has 0 spiro atoms. The van der Waals surface area contributed by atoms with Gasteiger partial charge in [-0.15, -0.1) is 0 Å². The molecule has 7 nitrogen and oxygen atoms in total. The first-order valence-electron chi connectivity index (χ1n) is 7.11. The van der Waals surface area contributed by atoms with E-state index in [2.05, 4.69) is 10.3 Å². The Morgan fingerprint density at radius 1 is 1.45 bits per heavy atom. The lowest BCUT2D eigenvalue weighted by Crippen LogP contribution is -2.30. The number of hydrogen-bond donors (Lipinski definition) is 1. The number of aromatic nitrogens is 1. The zero-order valence-electron chi connectivity index (χ0n) is 12.2. The molecular formula is C14H16ClN3O4. The van der Waals surface area contributed by atoms with E-state index in [1.54, 1.807) is 0 Å². The van der Waals surface area contributed by atoms with Crippen LogP contribution in [0.5, 0.6) is 0 Å². The molecule has 4 rings (SSSR count). The summed E-state index contributed by atoms with van der Waals surface area (Å²) in [4.78, 5) is 15.4. The van der Waals surface area contributed by atoms with Crippen molar-refractivity contribution in [3.05, 3.63) is 17.8 Å². The van der Waals surface area contributed by atoms with Crippen LogP contribution in [0, 0.1) is 0 Å². The van der Waals surface area contributed by atoms with Gasteiger partial charge in [0.1, 0.15) is 36.0 Å². The lowest BCUT2D eigenvalue weighted by Gasteiger charge is -2.25. The van der Waals surface area contributed by atoms with E-state index in [1.165, 1.54) is 0 Å². The molecule has 2 saturated heterocycles. The molecule has 4 heterocycles. The highest BCUT2D eigenvalue weighted by molar-refractivity contribution is 6.70. The molecular weight excluding hydrogens is 310 g/mol. The number of nitrogens with one attached hydrogen (secondary N) is 1. The van der Waals surface area contributed by atoms with E-state index >= 15 is 0 Å². The number of nitrogens with zero attached hydrogens (tertiary/aromatic N) is 2. The highest BCUT2D eigenvalue weighted by Gasteiger charge is 2.56. The van der Waals surface area contributed by atoms with E-state index in [1.807, 2.05) is 30.7 Å². The van der Waals surface area contributed by atoms with Crippen LogP contribution >= 0.6 is 11.6 Å². The fraction of sp³-hybridized carbons (Fsp3) is 0.571. The second-order valence-corrected chi connectivity index (χ2v) is 6.32. The molecule has 0 bridgehead atoms. The second-order valence-electron chi connectivity index (χ2n) is 5.96. The van der Waals surface area contributed by atoms with Crippen LogP contribution in [-0.2, 0) is 19.0 Å². The van der Waals surface area contributed by atoms with Crippen LogP contribution in [0.25, 0.3) is 0 Å². The number of rotatable bonds is 2. The molecule has 0 aliphatic carbocycles. The largest absolute Gasteiger partial charge is 0.352 e. The van der Waals surface area contributed by atoms with E-state index in [9.17, 15) is 4.79 Å². The summed E-state index contributed by atoms with van der Waals surface area (Å²) < 4.78 is 19.5. The van der Waals surface area contributed by atoms with Crippen LogP contribution in [0.4, 0.5) is 5.82 Å². The molecule has 3 aliphatic rings. The van der Waals surface area contributed by atoms with Crippen molar-refractivity contribution in [2.75, 3.05) is 12.0 Å². The summed E-state index contributed by atoms with van der Waals surface area (Å²) >= 11 is 6.12. The highest BCUT2D eigenvalue weighted by atomic mass is 35.5. The fourth-order valence-electron chi connectivity index (χ4n) is 3.22. The summed E-state index contributed by atoms with van der Waals surface area (Å²) in [7, 11) is 0. The van der Waals surface area contributed by atoms with Crippen molar-refractivity contribution in [1.29, 1.82) is 0 Å². The van der Waals surface area contributed by atoms with Crippen LogP contribution in [0.3, 0.4) is 0 Å². The molecule has 0 amide bonds. The summed E-state index contributed by atoms with van der Waals surface area (Å²) in [6.45, 7) is 4.06. The third kappa shape index (κ3) is 2.00. The number of ether oxygens (including phenoxy) is 3. The Hall–Kier alpha value is -1.41. The van der Waals surface area contributed by atoms with Gasteiger partial charge in [-0.3, -0.25) is 4.99 Å². The van der Waals surface area contributed by atoms with E-state index < -0.39 is 24.2 Å². The van der Waals surface area contributed by atoms with Gasteiger partial charge in [-0.2, -0.15) is 0 Å². The number of carbonyl (C=O) groups excluding carboxylic acids is 1. The van der Waals surface area contributed by atoms with Gasteiger partial charge in [0, 0.05) is 6.20 Å². The Labute approximate surface area is 132 Å². The van der Waals surface area contributed by atoms with Crippen molar-refractivity contribution >= 4 is 28.9 Å². The predicted octanol–water partition coefficient (Wildman–Crippen LogP) is 1.47. The third-order valence-corrected chi connectivity index (χ3v) is 4.40. The molecule has 8 heteroatoms. The summed E-state index contributed by atoms with van der Waals surface area (Å²) in [5.74, 6) is 0.0712. The minimum atomic E-state index is -0.738. The normalized spacial score (nSPS) is 35.5. The molecule has 4 atom stereocenters. The smallest absolute Gasteiger partial charge is 0.165 e. The number of aliphatic imine (C=N–C) groups is 1. The standard InChI is InChI=1S/C14H16ClN3O4/c1-14(2)21-9-8(5-19)20-13(10(9)22-14)18-4-3-7-11(15)16-6-17-12(7)18/h3-5,8-10,13,17H,6H2,1-2H3/t8-,9-,10-,13-/m1/s1. The average molecular weight is 326 g/mol. The predicted molar refractivity (Wildman–Crippen MR) is 79.1 cm³/mol. The lowest BCUT2D eigenvalue weighted by molar-refractivity contribution is -0.194. The SMILES string of the molecule is CC1(C)O[C@@H]2[C@H](O1)[C@@H](C=O)O[C@H]2n1ccc2c1NCN=C2Cl. The first-order chi connectivity index (χ1) is 10.5.